The Kier molecular flexibility index (Phi) is 4.44. The molecule has 5 nitrogen and oxygen atoms in total. The van der Waals surface area contributed by atoms with Gasteiger partial charge in [0.2, 0.25) is 5.91 Å². The van der Waals surface area contributed by atoms with Crippen molar-refractivity contribution in [1.82, 2.24) is 15.6 Å². The number of rotatable bonds is 4. The maximum Gasteiger partial charge on any atom is 0.224 e. The summed E-state index contributed by atoms with van der Waals surface area (Å²) < 4.78 is 6.09. The topological polar surface area (TPSA) is 63.2 Å². The van der Waals surface area contributed by atoms with Gasteiger partial charge < -0.3 is 15.4 Å². The molecule has 2 saturated heterocycles. The standard InChI is InChI=1S/C19H27N3O2/c1-12-18(3-2-10-20-12)24-15-7-4-13(5-8-15)22-19(23)16-11-14-6-9-17(16)21-14/h2-3,10,13-17,21H,4-9,11H2,1H3,(H,22,23)/t13?,14-,15?,16+,17+/m1/s1. The second kappa shape index (κ2) is 6.71. The monoisotopic (exact) mass is 329 g/mol. The van der Waals surface area contributed by atoms with Crippen LogP contribution in [0.25, 0.3) is 0 Å². The SMILES string of the molecule is Cc1ncccc1OC1CCC(NC(=O)[C@H]2C[C@H]3CC[C@@H]2N3)CC1. The zero-order chi connectivity index (χ0) is 16.5. The molecule has 3 fully saturated rings. The van der Waals surface area contributed by atoms with Gasteiger partial charge in [-0.1, -0.05) is 0 Å². The van der Waals surface area contributed by atoms with Crippen molar-refractivity contribution >= 4 is 5.91 Å². The normalized spacial score (nSPS) is 35.0. The van der Waals surface area contributed by atoms with Gasteiger partial charge in [-0.3, -0.25) is 9.78 Å². The van der Waals surface area contributed by atoms with Crippen molar-refractivity contribution in [3.05, 3.63) is 24.0 Å². The molecule has 2 N–H and O–H groups in total. The molecule has 3 aliphatic rings. The minimum atomic E-state index is 0.191. The van der Waals surface area contributed by atoms with E-state index in [1.807, 2.05) is 19.1 Å². The summed E-state index contributed by atoms with van der Waals surface area (Å²) in [4.78, 5) is 16.8. The molecule has 130 valence electrons. The first kappa shape index (κ1) is 15.9. The summed E-state index contributed by atoms with van der Waals surface area (Å²) in [7, 11) is 0. The van der Waals surface area contributed by atoms with Gasteiger partial charge in [-0.15, -0.1) is 0 Å². The average molecular weight is 329 g/mol. The maximum absolute atomic E-state index is 12.5. The molecule has 0 aromatic carbocycles. The highest BCUT2D eigenvalue weighted by Crippen LogP contribution is 2.34. The fourth-order valence-corrected chi connectivity index (χ4v) is 4.52. The predicted molar refractivity (Wildman–Crippen MR) is 91.8 cm³/mol. The number of aromatic nitrogens is 1. The van der Waals surface area contributed by atoms with Gasteiger partial charge in [-0.2, -0.15) is 0 Å². The van der Waals surface area contributed by atoms with Gasteiger partial charge in [0.05, 0.1) is 17.7 Å². The van der Waals surface area contributed by atoms with Gasteiger partial charge in [-0.05, 0) is 64.0 Å². The van der Waals surface area contributed by atoms with Crippen LogP contribution in [0, 0.1) is 12.8 Å². The summed E-state index contributed by atoms with van der Waals surface area (Å²) in [5, 5.41) is 6.84. The Morgan fingerprint density at radius 2 is 2.08 bits per heavy atom. The number of ether oxygens (including phenoxy) is 1. The third-order valence-corrected chi connectivity index (χ3v) is 5.91. The first-order valence-electron chi connectivity index (χ1n) is 9.34. The second-order valence-corrected chi connectivity index (χ2v) is 7.58. The predicted octanol–water partition coefficient (Wildman–Crippen LogP) is 2.34. The fraction of sp³-hybridized carbons (Fsp3) is 0.684. The molecule has 3 heterocycles. The number of hydrogen-bond acceptors (Lipinski definition) is 4. The molecule has 1 saturated carbocycles. The Bertz CT molecular complexity index is 598. The van der Waals surface area contributed by atoms with Crippen LogP contribution in [0.3, 0.4) is 0 Å². The molecule has 1 aliphatic carbocycles. The van der Waals surface area contributed by atoms with E-state index in [2.05, 4.69) is 15.6 Å². The third kappa shape index (κ3) is 3.27. The summed E-state index contributed by atoms with van der Waals surface area (Å²) in [5.74, 6) is 1.34. The van der Waals surface area contributed by atoms with Crippen LogP contribution in [0.1, 0.15) is 50.6 Å². The minimum absolute atomic E-state index is 0.191. The van der Waals surface area contributed by atoms with Gasteiger partial charge in [0.25, 0.3) is 0 Å². The summed E-state index contributed by atoms with van der Waals surface area (Å²) in [6.07, 6.45) is 9.45. The van der Waals surface area contributed by atoms with Crippen LogP contribution in [0.2, 0.25) is 0 Å². The lowest BCUT2D eigenvalue weighted by Crippen LogP contribution is -2.45. The van der Waals surface area contributed by atoms with Gasteiger partial charge in [0.1, 0.15) is 5.75 Å². The molecule has 2 aliphatic heterocycles. The summed E-state index contributed by atoms with van der Waals surface area (Å²) in [6.45, 7) is 1.98. The highest BCUT2D eigenvalue weighted by Gasteiger charge is 2.43. The molecule has 3 atom stereocenters. The van der Waals surface area contributed by atoms with Crippen molar-refractivity contribution in [2.45, 2.75) is 76.1 Å². The molecule has 1 aromatic rings. The molecule has 1 amide bonds. The first-order valence-corrected chi connectivity index (χ1v) is 9.34. The number of carbonyl (C=O) groups is 1. The maximum atomic E-state index is 12.5. The molecule has 0 spiro atoms. The number of amides is 1. The molecule has 1 aromatic heterocycles. The lowest BCUT2D eigenvalue weighted by molar-refractivity contribution is -0.126. The smallest absolute Gasteiger partial charge is 0.224 e. The first-order chi connectivity index (χ1) is 11.7. The third-order valence-electron chi connectivity index (χ3n) is 5.91. The molecule has 5 heteroatoms. The van der Waals surface area contributed by atoms with E-state index >= 15 is 0 Å². The molecular weight excluding hydrogens is 302 g/mol. The van der Waals surface area contributed by atoms with Crippen LogP contribution in [-0.4, -0.2) is 35.1 Å². The fourth-order valence-electron chi connectivity index (χ4n) is 4.52. The lowest BCUT2D eigenvalue weighted by atomic mass is 9.87. The van der Waals surface area contributed by atoms with E-state index in [1.54, 1.807) is 6.20 Å². The van der Waals surface area contributed by atoms with Crippen molar-refractivity contribution in [2.24, 2.45) is 5.92 Å². The number of aryl methyl sites for hydroxylation is 1. The van der Waals surface area contributed by atoms with E-state index in [9.17, 15) is 4.79 Å². The van der Waals surface area contributed by atoms with Crippen molar-refractivity contribution in [3.63, 3.8) is 0 Å². The van der Waals surface area contributed by atoms with E-state index < -0.39 is 0 Å². The van der Waals surface area contributed by atoms with Crippen molar-refractivity contribution < 1.29 is 9.53 Å². The number of fused-ring (bicyclic) bond motifs is 2. The number of carbonyl (C=O) groups excluding carboxylic acids is 1. The highest BCUT2D eigenvalue weighted by molar-refractivity contribution is 5.80. The van der Waals surface area contributed by atoms with E-state index in [1.165, 1.54) is 6.42 Å². The zero-order valence-corrected chi connectivity index (χ0v) is 14.3. The largest absolute Gasteiger partial charge is 0.489 e. The van der Waals surface area contributed by atoms with E-state index in [0.717, 1.165) is 50.0 Å². The average Bonchev–Trinajstić information content (AvgIpc) is 3.22. The van der Waals surface area contributed by atoms with E-state index in [-0.39, 0.29) is 17.9 Å². The summed E-state index contributed by atoms with van der Waals surface area (Å²) in [6, 6.07) is 5.21. The van der Waals surface area contributed by atoms with Crippen LogP contribution in [0.5, 0.6) is 5.75 Å². The Morgan fingerprint density at radius 1 is 1.25 bits per heavy atom. The van der Waals surface area contributed by atoms with Gasteiger partial charge in [-0.25, -0.2) is 0 Å². The zero-order valence-electron chi connectivity index (χ0n) is 14.3. The van der Waals surface area contributed by atoms with Crippen LogP contribution in [0.15, 0.2) is 18.3 Å². The van der Waals surface area contributed by atoms with E-state index in [4.69, 9.17) is 4.74 Å². The van der Waals surface area contributed by atoms with Crippen LogP contribution in [0.4, 0.5) is 0 Å². The van der Waals surface area contributed by atoms with Crippen molar-refractivity contribution in [3.8, 4) is 5.75 Å². The molecule has 4 rings (SSSR count). The summed E-state index contributed by atoms with van der Waals surface area (Å²) in [5.41, 5.74) is 0.941. The van der Waals surface area contributed by atoms with Gasteiger partial charge in [0.15, 0.2) is 0 Å². The Hall–Kier alpha value is -1.62. The molecule has 0 unspecified atom stereocenters. The van der Waals surface area contributed by atoms with Gasteiger partial charge in [0, 0.05) is 24.3 Å². The second-order valence-electron chi connectivity index (χ2n) is 7.58. The number of pyridine rings is 1. The quantitative estimate of drug-likeness (QED) is 0.890. The molecule has 0 radical (unpaired) electrons. The Balaban J connectivity index is 1.24. The lowest BCUT2D eigenvalue weighted by Gasteiger charge is -2.31. The Morgan fingerprint density at radius 3 is 2.75 bits per heavy atom. The van der Waals surface area contributed by atoms with Gasteiger partial charge >= 0.3 is 0 Å². The molecular formula is C19H27N3O2. The molecule has 24 heavy (non-hydrogen) atoms. The minimum Gasteiger partial charge on any atom is -0.489 e. The Labute approximate surface area is 143 Å². The number of nitrogens with one attached hydrogen (secondary N) is 2. The van der Waals surface area contributed by atoms with E-state index in [0.29, 0.717) is 18.1 Å². The summed E-state index contributed by atoms with van der Waals surface area (Å²) >= 11 is 0. The van der Waals surface area contributed by atoms with Crippen molar-refractivity contribution in [2.75, 3.05) is 0 Å². The number of nitrogens with zero attached hydrogens (tertiary/aromatic N) is 1. The van der Waals surface area contributed by atoms with Crippen LogP contribution in [-0.2, 0) is 4.79 Å². The molecule has 2 bridgehead atoms. The van der Waals surface area contributed by atoms with Crippen molar-refractivity contribution in [1.29, 1.82) is 0 Å². The van der Waals surface area contributed by atoms with Crippen LogP contribution >= 0.6 is 0 Å². The van der Waals surface area contributed by atoms with Crippen LogP contribution < -0.4 is 15.4 Å². The number of hydrogen-bond donors (Lipinski definition) is 2. The highest BCUT2D eigenvalue weighted by atomic mass is 16.5.